The number of benzene rings is 2. The molecular weight excluding hydrogens is 322 g/mol. The Bertz CT molecular complexity index is 700. The minimum atomic E-state index is -0.522. The van der Waals surface area contributed by atoms with E-state index in [1.807, 2.05) is 56.3 Å². The fourth-order valence-corrected chi connectivity index (χ4v) is 2.74. The Labute approximate surface area is 149 Å². The van der Waals surface area contributed by atoms with Crippen LogP contribution in [0.4, 0.5) is 0 Å². The minimum Gasteiger partial charge on any atom is -0.481 e. The molecule has 0 saturated heterocycles. The van der Waals surface area contributed by atoms with Crippen LogP contribution in [0.1, 0.15) is 30.0 Å². The van der Waals surface area contributed by atoms with Crippen molar-refractivity contribution in [2.24, 2.45) is 0 Å². The van der Waals surface area contributed by atoms with E-state index in [9.17, 15) is 4.79 Å². The lowest BCUT2D eigenvalue weighted by molar-refractivity contribution is -0.127. The number of aryl methyl sites for hydroxylation is 3. The number of hydrogen-bond acceptors (Lipinski definition) is 2. The van der Waals surface area contributed by atoms with Gasteiger partial charge in [-0.25, -0.2) is 0 Å². The third-order valence-corrected chi connectivity index (χ3v) is 4.25. The maximum atomic E-state index is 12.1. The molecule has 2 aromatic carbocycles. The molecule has 2 aromatic rings. The Hall–Kier alpha value is -2.00. The van der Waals surface area contributed by atoms with E-state index in [0.29, 0.717) is 6.54 Å². The first-order valence-electron chi connectivity index (χ1n) is 8.22. The summed E-state index contributed by atoms with van der Waals surface area (Å²) in [5.74, 6) is 0.647. The van der Waals surface area contributed by atoms with Crippen molar-refractivity contribution in [3.05, 3.63) is 64.2 Å². The molecule has 0 aromatic heterocycles. The van der Waals surface area contributed by atoms with Gasteiger partial charge in [0.2, 0.25) is 0 Å². The van der Waals surface area contributed by atoms with Crippen LogP contribution in [0.15, 0.2) is 42.5 Å². The molecule has 1 unspecified atom stereocenters. The number of carbonyl (C=O) groups is 1. The molecule has 0 bridgehead atoms. The number of amides is 1. The van der Waals surface area contributed by atoms with Gasteiger partial charge in [-0.1, -0.05) is 47.5 Å². The first kappa shape index (κ1) is 18.3. The van der Waals surface area contributed by atoms with Crippen LogP contribution in [0.5, 0.6) is 5.75 Å². The lowest BCUT2D eigenvalue weighted by Gasteiger charge is -2.16. The van der Waals surface area contributed by atoms with E-state index in [0.717, 1.165) is 34.7 Å². The van der Waals surface area contributed by atoms with Crippen LogP contribution in [0.2, 0.25) is 5.02 Å². The quantitative estimate of drug-likeness (QED) is 0.752. The van der Waals surface area contributed by atoms with Gasteiger partial charge < -0.3 is 10.1 Å². The minimum absolute atomic E-state index is 0.103. The van der Waals surface area contributed by atoms with Crippen LogP contribution in [0, 0.1) is 13.8 Å². The van der Waals surface area contributed by atoms with Crippen molar-refractivity contribution >= 4 is 17.5 Å². The first-order valence-corrected chi connectivity index (χ1v) is 8.60. The zero-order valence-electron chi connectivity index (χ0n) is 14.4. The Morgan fingerprint density at radius 1 is 1.21 bits per heavy atom. The van der Waals surface area contributed by atoms with E-state index >= 15 is 0 Å². The highest BCUT2D eigenvalue weighted by Gasteiger charge is 2.15. The molecule has 1 amide bonds. The monoisotopic (exact) mass is 345 g/mol. The first-order chi connectivity index (χ1) is 11.5. The average molecular weight is 346 g/mol. The van der Waals surface area contributed by atoms with Gasteiger partial charge in [0.05, 0.1) is 0 Å². The number of hydrogen-bond donors (Lipinski definition) is 1. The van der Waals surface area contributed by atoms with E-state index < -0.39 is 6.10 Å². The van der Waals surface area contributed by atoms with Crippen molar-refractivity contribution in [1.82, 2.24) is 5.32 Å². The van der Waals surface area contributed by atoms with Gasteiger partial charge in [-0.2, -0.15) is 0 Å². The zero-order valence-corrected chi connectivity index (χ0v) is 15.2. The fraction of sp³-hybridized carbons (Fsp3) is 0.350. The third-order valence-electron chi connectivity index (χ3n) is 3.88. The summed E-state index contributed by atoms with van der Waals surface area (Å²) in [7, 11) is 0. The van der Waals surface area contributed by atoms with E-state index in [1.165, 1.54) is 5.56 Å². The van der Waals surface area contributed by atoms with Crippen molar-refractivity contribution < 1.29 is 9.53 Å². The fourth-order valence-electron chi connectivity index (χ4n) is 2.51. The van der Waals surface area contributed by atoms with Gasteiger partial charge in [0.1, 0.15) is 5.75 Å². The van der Waals surface area contributed by atoms with E-state index in [2.05, 4.69) is 5.32 Å². The molecule has 0 spiro atoms. The third kappa shape index (κ3) is 5.27. The molecule has 3 nitrogen and oxygen atoms in total. The summed E-state index contributed by atoms with van der Waals surface area (Å²) in [6.07, 6.45) is 1.16. The van der Waals surface area contributed by atoms with Crippen LogP contribution >= 0.6 is 11.6 Å². The number of carbonyl (C=O) groups excluding carboxylic acids is 1. The summed E-state index contributed by atoms with van der Waals surface area (Å²) >= 11 is 6.12. The summed E-state index contributed by atoms with van der Waals surface area (Å²) < 4.78 is 5.76. The van der Waals surface area contributed by atoms with Gasteiger partial charge >= 0.3 is 0 Å². The highest BCUT2D eigenvalue weighted by molar-refractivity contribution is 6.31. The van der Waals surface area contributed by atoms with Gasteiger partial charge in [0.25, 0.3) is 5.91 Å². The Kier molecular flexibility index (Phi) is 6.68. The Balaban J connectivity index is 1.76. The summed E-state index contributed by atoms with van der Waals surface area (Å²) in [4.78, 5) is 12.1. The van der Waals surface area contributed by atoms with Gasteiger partial charge in [0, 0.05) is 11.6 Å². The predicted octanol–water partition coefficient (Wildman–Crippen LogP) is 4.47. The predicted molar refractivity (Wildman–Crippen MR) is 98.8 cm³/mol. The summed E-state index contributed by atoms with van der Waals surface area (Å²) in [6.45, 7) is 6.38. The summed E-state index contributed by atoms with van der Waals surface area (Å²) in [5.41, 5.74) is 3.32. The Morgan fingerprint density at radius 2 is 1.96 bits per heavy atom. The van der Waals surface area contributed by atoms with Gasteiger partial charge in [0.15, 0.2) is 6.10 Å². The van der Waals surface area contributed by atoms with E-state index in [1.54, 1.807) is 6.92 Å². The molecule has 0 aliphatic rings. The number of rotatable bonds is 7. The van der Waals surface area contributed by atoms with Crippen molar-refractivity contribution in [3.63, 3.8) is 0 Å². The molecule has 2 rings (SSSR count). The summed E-state index contributed by atoms with van der Waals surface area (Å²) in [5, 5.41) is 3.69. The maximum absolute atomic E-state index is 12.1. The standard InChI is InChI=1S/C20H24ClNO2/c1-14-10-11-19(15(2)13-14)24-16(3)20(23)22-12-6-8-17-7-4-5-9-18(17)21/h4-5,7,9-11,13,16H,6,8,12H2,1-3H3,(H,22,23). The van der Waals surface area contributed by atoms with Gasteiger partial charge in [-0.05, 0) is 56.9 Å². The van der Waals surface area contributed by atoms with E-state index in [-0.39, 0.29) is 5.91 Å². The number of nitrogens with one attached hydrogen (secondary N) is 1. The Morgan fingerprint density at radius 3 is 2.67 bits per heavy atom. The molecule has 0 aliphatic heterocycles. The van der Waals surface area contributed by atoms with Crippen LogP contribution in [0.25, 0.3) is 0 Å². The maximum Gasteiger partial charge on any atom is 0.260 e. The largest absolute Gasteiger partial charge is 0.481 e. The van der Waals surface area contributed by atoms with Gasteiger partial charge in [-0.3, -0.25) is 4.79 Å². The molecule has 4 heteroatoms. The van der Waals surface area contributed by atoms with Crippen molar-refractivity contribution in [2.75, 3.05) is 6.54 Å². The van der Waals surface area contributed by atoms with E-state index in [4.69, 9.17) is 16.3 Å². The average Bonchev–Trinajstić information content (AvgIpc) is 2.55. The molecule has 0 saturated carbocycles. The lowest BCUT2D eigenvalue weighted by Crippen LogP contribution is -2.37. The molecule has 1 N–H and O–H groups in total. The van der Waals surface area contributed by atoms with Crippen LogP contribution in [-0.2, 0) is 11.2 Å². The summed E-state index contributed by atoms with van der Waals surface area (Å²) in [6, 6.07) is 13.7. The number of halogens is 1. The second-order valence-electron chi connectivity index (χ2n) is 6.02. The molecular formula is C20H24ClNO2. The highest BCUT2D eigenvalue weighted by Crippen LogP contribution is 2.20. The molecule has 24 heavy (non-hydrogen) atoms. The topological polar surface area (TPSA) is 38.3 Å². The van der Waals surface area contributed by atoms with Crippen LogP contribution in [-0.4, -0.2) is 18.6 Å². The molecule has 0 fully saturated rings. The van der Waals surface area contributed by atoms with Crippen molar-refractivity contribution in [2.45, 2.75) is 39.7 Å². The zero-order chi connectivity index (χ0) is 17.5. The highest BCUT2D eigenvalue weighted by atomic mass is 35.5. The van der Waals surface area contributed by atoms with Crippen molar-refractivity contribution in [3.8, 4) is 5.75 Å². The van der Waals surface area contributed by atoms with Crippen LogP contribution < -0.4 is 10.1 Å². The van der Waals surface area contributed by atoms with Crippen LogP contribution in [0.3, 0.4) is 0 Å². The molecule has 1 atom stereocenters. The molecule has 128 valence electrons. The second kappa shape index (κ2) is 8.74. The normalized spacial score (nSPS) is 11.8. The smallest absolute Gasteiger partial charge is 0.260 e. The molecule has 0 radical (unpaired) electrons. The molecule has 0 heterocycles. The SMILES string of the molecule is Cc1ccc(OC(C)C(=O)NCCCc2ccccc2Cl)c(C)c1. The molecule has 0 aliphatic carbocycles. The number of ether oxygens (including phenoxy) is 1. The van der Waals surface area contributed by atoms with Crippen molar-refractivity contribution in [1.29, 1.82) is 0 Å². The van der Waals surface area contributed by atoms with Gasteiger partial charge in [-0.15, -0.1) is 0 Å². The lowest BCUT2D eigenvalue weighted by atomic mass is 10.1. The second-order valence-corrected chi connectivity index (χ2v) is 6.42.